The predicted octanol–water partition coefficient (Wildman–Crippen LogP) is 3.30. The van der Waals surface area contributed by atoms with E-state index >= 15 is 0 Å². The van der Waals surface area contributed by atoms with Gasteiger partial charge in [0.2, 0.25) is 6.79 Å². The Hall–Kier alpha value is -2.19. The van der Waals surface area contributed by atoms with Crippen LogP contribution in [0.4, 0.5) is 0 Å². The second kappa shape index (κ2) is 7.00. The number of amides is 2. The summed E-state index contributed by atoms with van der Waals surface area (Å²) in [5, 5.41) is 1.94. The molecule has 3 aliphatic rings. The lowest BCUT2D eigenvalue weighted by atomic mass is 10.0. The van der Waals surface area contributed by atoms with Crippen molar-refractivity contribution in [1.82, 2.24) is 9.80 Å². The maximum absolute atomic E-state index is 12.9. The van der Waals surface area contributed by atoms with Gasteiger partial charge in [0.1, 0.15) is 0 Å². The van der Waals surface area contributed by atoms with Crippen molar-refractivity contribution in [3.63, 3.8) is 0 Å². The number of piperidine rings is 1. The molecule has 2 amide bonds. The second-order valence-corrected chi connectivity index (χ2v) is 9.49. The number of thioether (sulfide) groups is 1. The Bertz CT molecular complexity index is 907. The maximum atomic E-state index is 12.9. The summed E-state index contributed by atoms with van der Waals surface area (Å²) in [7, 11) is 0. The molecule has 0 N–H and O–H groups in total. The summed E-state index contributed by atoms with van der Waals surface area (Å²) in [6.45, 7) is 2.27. The number of ether oxygens (including phenoxy) is 2. The Labute approximate surface area is 171 Å². The maximum Gasteiger partial charge on any atom is 0.265 e. The summed E-state index contributed by atoms with van der Waals surface area (Å²) in [5.41, 5.74) is 0.616. The van der Waals surface area contributed by atoms with Crippen LogP contribution in [-0.4, -0.2) is 58.7 Å². The van der Waals surface area contributed by atoms with E-state index in [9.17, 15) is 9.59 Å². The summed E-state index contributed by atoms with van der Waals surface area (Å²) in [6.07, 6.45) is 1.59. The number of fused-ring (bicyclic) bond motifs is 1. The zero-order valence-electron chi connectivity index (χ0n) is 15.3. The number of hydrogen-bond acceptors (Lipinski definition) is 6. The largest absolute Gasteiger partial charge is 0.454 e. The van der Waals surface area contributed by atoms with E-state index in [4.69, 9.17) is 9.47 Å². The van der Waals surface area contributed by atoms with Crippen molar-refractivity contribution in [2.45, 2.75) is 17.7 Å². The van der Waals surface area contributed by atoms with Crippen LogP contribution in [-0.2, 0) is 0 Å². The molecule has 5 rings (SSSR count). The molecule has 8 heteroatoms. The minimum absolute atomic E-state index is 0.00674. The number of rotatable bonds is 2. The van der Waals surface area contributed by atoms with Gasteiger partial charge in [0.15, 0.2) is 11.5 Å². The van der Waals surface area contributed by atoms with Crippen molar-refractivity contribution in [3.8, 4) is 11.5 Å². The first-order valence-corrected chi connectivity index (χ1v) is 11.2. The van der Waals surface area contributed by atoms with Gasteiger partial charge in [-0.1, -0.05) is 6.07 Å². The molecule has 0 aliphatic carbocycles. The van der Waals surface area contributed by atoms with E-state index in [1.165, 1.54) is 11.3 Å². The van der Waals surface area contributed by atoms with Crippen LogP contribution in [0, 0.1) is 0 Å². The van der Waals surface area contributed by atoms with Crippen molar-refractivity contribution in [2.24, 2.45) is 0 Å². The fourth-order valence-electron chi connectivity index (χ4n) is 4.11. The Balaban J connectivity index is 1.29. The lowest BCUT2D eigenvalue weighted by molar-refractivity contribution is 0.0500. The van der Waals surface area contributed by atoms with Crippen molar-refractivity contribution in [3.05, 3.63) is 46.2 Å². The van der Waals surface area contributed by atoms with Crippen molar-refractivity contribution < 1.29 is 19.1 Å². The topological polar surface area (TPSA) is 59.1 Å². The fourth-order valence-corrected chi connectivity index (χ4v) is 6.24. The van der Waals surface area contributed by atoms with E-state index in [0.717, 1.165) is 30.0 Å². The number of thiophene rings is 1. The number of carbonyl (C=O) groups excluding carboxylic acids is 2. The normalized spacial score (nSPS) is 20.0. The molecule has 0 bridgehead atoms. The first-order valence-electron chi connectivity index (χ1n) is 9.35. The molecule has 2 aromatic rings. The van der Waals surface area contributed by atoms with Gasteiger partial charge >= 0.3 is 0 Å². The second-order valence-electron chi connectivity index (χ2n) is 7.09. The average Bonchev–Trinajstić information content (AvgIpc) is 3.48. The quantitative estimate of drug-likeness (QED) is 0.752. The van der Waals surface area contributed by atoms with Crippen LogP contribution in [0.3, 0.4) is 0 Å². The third-order valence-corrected chi connectivity index (χ3v) is 8.02. The van der Waals surface area contributed by atoms with E-state index in [1.807, 2.05) is 39.1 Å². The monoisotopic (exact) mass is 416 g/mol. The van der Waals surface area contributed by atoms with Gasteiger partial charge in [0.05, 0.1) is 9.75 Å². The Morgan fingerprint density at radius 1 is 1.00 bits per heavy atom. The summed E-state index contributed by atoms with van der Waals surface area (Å²) in [6, 6.07) is 9.14. The van der Waals surface area contributed by atoms with E-state index < -0.39 is 0 Å². The fraction of sp³-hybridized carbons (Fsp3) is 0.400. The summed E-state index contributed by atoms with van der Waals surface area (Å²) in [4.78, 5) is 30.4. The molecule has 1 aromatic carbocycles. The summed E-state index contributed by atoms with van der Waals surface area (Å²) < 4.78 is 10.7. The number of benzene rings is 1. The van der Waals surface area contributed by atoms with Gasteiger partial charge in [-0.05, 0) is 42.5 Å². The van der Waals surface area contributed by atoms with E-state index in [1.54, 1.807) is 18.2 Å². The van der Waals surface area contributed by atoms with Crippen LogP contribution in [0.15, 0.2) is 35.7 Å². The minimum Gasteiger partial charge on any atom is -0.454 e. The number of hydrogen-bond donors (Lipinski definition) is 0. The molecule has 2 fully saturated rings. The van der Waals surface area contributed by atoms with Crippen LogP contribution >= 0.6 is 23.1 Å². The van der Waals surface area contributed by atoms with E-state index in [-0.39, 0.29) is 23.5 Å². The predicted molar refractivity (Wildman–Crippen MR) is 108 cm³/mol. The molecular formula is C20H20N2O4S2. The highest BCUT2D eigenvalue weighted by Gasteiger charge is 2.47. The van der Waals surface area contributed by atoms with Gasteiger partial charge in [-0.3, -0.25) is 9.59 Å². The average molecular weight is 417 g/mol. The molecule has 1 aromatic heterocycles. The van der Waals surface area contributed by atoms with Crippen molar-refractivity contribution in [1.29, 1.82) is 0 Å². The third kappa shape index (κ3) is 2.95. The zero-order valence-corrected chi connectivity index (χ0v) is 16.9. The highest BCUT2D eigenvalue weighted by Crippen LogP contribution is 2.45. The Morgan fingerprint density at radius 2 is 1.82 bits per heavy atom. The zero-order chi connectivity index (χ0) is 19.1. The minimum atomic E-state index is -0.188. The van der Waals surface area contributed by atoms with Crippen molar-refractivity contribution >= 4 is 34.9 Å². The van der Waals surface area contributed by atoms with Gasteiger partial charge in [0, 0.05) is 31.0 Å². The van der Waals surface area contributed by atoms with E-state index in [0.29, 0.717) is 30.2 Å². The number of carbonyl (C=O) groups is 2. The molecule has 28 heavy (non-hydrogen) atoms. The van der Waals surface area contributed by atoms with Crippen LogP contribution < -0.4 is 9.47 Å². The molecule has 6 nitrogen and oxygen atoms in total. The molecule has 1 spiro atoms. The Morgan fingerprint density at radius 3 is 2.61 bits per heavy atom. The van der Waals surface area contributed by atoms with Gasteiger partial charge in [-0.15, -0.1) is 23.1 Å². The van der Waals surface area contributed by atoms with Crippen LogP contribution in [0.1, 0.15) is 32.9 Å². The molecule has 0 unspecified atom stereocenters. The van der Waals surface area contributed by atoms with Gasteiger partial charge in [0.25, 0.3) is 11.8 Å². The Kier molecular flexibility index (Phi) is 4.47. The SMILES string of the molecule is O=C(c1ccc2c(c1)OCO2)N1CCC2(CC1)SCCN2C(=O)c1cccs1. The molecular weight excluding hydrogens is 396 g/mol. The van der Waals surface area contributed by atoms with E-state index in [2.05, 4.69) is 0 Å². The third-order valence-electron chi connectivity index (χ3n) is 5.61. The van der Waals surface area contributed by atoms with Crippen LogP contribution in [0.5, 0.6) is 11.5 Å². The van der Waals surface area contributed by atoms with Crippen molar-refractivity contribution in [2.75, 3.05) is 32.2 Å². The number of nitrogens with zero attached hydrogens (tertiary/aromatic N) is 2. The summed E-state index contributed by atoms with van der Waals surface area (Å²) >= 11 is 3.35. The molecule has 0 atom stereocenters. The van der Waals surface area contributed by atoms with Gasteiger partial charge in [-0.25, -0.2) is 0 Å². The molecule has 0 saturated carbocycles. The molecule has 146 valence electrons. The smallest absolute Gasteiger partial charge is 0.265 e. The first-order chi connectivity index (χ1) is 13.7. The molecule has 2 saturated heterocycles. The highest BCUT2D eigenvalue weighted by atomic mass is 32.2. The van der Waals surface area contributed by atoms with Gasteiger partial charge < -0.3 is 19.3 Å². The molecule has 3 aliphatic heterocycles. The lowest BCUT2D eigenvalue weighted by Crippen LogP contribution is -2.53. The van der Waals surface area contributed by atoms with Crippen LogP contribution in [0.2, 0.25) is 0 Å². The highest BCUT2D eigenvalue weighted by molar-refractivity contribution is 8.00. The summed E-state index contributed by atoms with van der Waals surface area (Å²) in [5.74, 6) is 2.38. The van der Waals surface area contributed by atoms with Gasteiger partial charge in [-0.2, -0.15) is 0 Å². The standard InChI is InChI=1S/C20H20N2O4S2/c23-18(14-3-4-15-16(12-14)26-13-25-15)21-7-5-20(6-8-21)22(9-11-28-20)19(24)17-2-1-10-27-17/h1-4,10,12H,5-9,11,13H2. The molecule has 4 heterocycles. The number of likely N-dealkylation sites (tertiary alicyclic amines) is 1. The lowest BCUT2D eigenvalue weighted by Gasteiger charge is -2.44. The first kappa shape index (κ1) is 17.9. The molecule has 0 radical (unpaired) electrons. The van der Waals surface area contributed by atoms with Crippen LogP contribution in [0.25, 0.3) is 0 Å².